The van der Waals surface area contributed by atoms with Crippen LogP contribution in [0.1, 0.15) is 47.2 Å². The van der Waals surface area contributed by atoms with Crippen molar-refractivity contribution in [2.24, 2.45) is 0 Å². The minimum absolute atomic E-state index is 0.367. The maximum Gasteiger partial charge on any atom is 0.159 e. The van der Waals surface area contributed by atoms with E-state index in [-0.39, 0.29) is 5.41 Å². The van der Waals surface area contributed by atoms with Gasteiger partial charge in [-0.05, 0) is 162 Å². The molecule has 16 rings (SSSR count). The molecule has 1 heterocycles. The maximum atomic E-state index is 7.00. The molecule has 0 saturated carbocycles. The van der Waals surface area contributed by atoms with Crippen LogP contribution in [0.25, 0.3) is 77.6 Å². The Morgan fingerprint density at radius 2 is 0.785 bits per heavy atom. The fourth-order valence-corrected chi connectivity index (χ4v) is 14.2. The summed E-state index contributed by atoms with van der Waals surface area (Å²) in [5, 5.41) is 2.16. The van der Waals surface area contributed by atoms with Crippen LogP contribution in [0, 0.1) is 0 Å². The van der Waals surface area contributed by atoms with Crippen molar-refractivity contribution < 1.29 is 4.42 Å². The van der Waals surface area contributed by atoms with Crippen LogP contribution in [0.3, 0.4) is 0 Å². The molecule has 0 aliphatic heterocycles. The molecule has 0 saturated heterocycles. The molecule has 0 atom stereocenters. The number of furan rings is 1. The van der Waals surface area contributed by atoms with Crippen LogP contribution in [-0.2, 0) is 10.8 Å². The molecular formula is C76H52N2O. The molecule has 3 aliphatic carbocycles. The molecule has 13 aromatic rings. The number of nitrogens with zero attached hydrogens (tertiary/aromatic N) is 2. The zero-order chi connectivity index (χ0) is 52.4. The molecule has 12 aromatic carbocycles. The molecule has 0 N–H and O–H groups in total. The van der Waals surface area contributed by atoms with E-state index in [1.54, 1.807) is 0 Å². The van der Waals surface area contributed by atoms with Gasteiger partial charge in [-0.25, -0.2) is 0 Å². The van der Waals surface area contributed by atoms with Gasteiger partial charge in [0.15, 0.2) is 5.58 Å². The number of fused-ring (bicyclic) bond motifs is 17. The first-order valence-corrected chi connectivity index (χ1v) is 27.5. The van der Waals surface area contributed by atoms with E-state index in [1.807, 2.05) is 0 Å². The molecule has 372 valence electrons. The van der Waals surface area contributed by atoms with Crippen LogP contribution < -0.4 is 9.80 Å². The predicted molar refractivity (Wildman–Crippen MR) is 328 cm³/mol. The van der Waals surface area contributed by atoms with Crippen LogP contribution >= 0.6 is 0 Å². The van der Waals surface area contributed by atoms with E-state index < -0.39 is 5.41 Å². The second-order valence-corrected chi connectivity index (χ2v) is 21.9. The van der Waals surface area contributed by atoms with Gasteiger partial charge in [0.2, 0.25) is 0 Å². The molecule has 0 bridgehead atoms. The van der Waals surface area contributed by atoms with Gasteiger partial charge in [0.1, 0.15) is 5.58 Å². The lowest BCUT2D eigenvalue weighted by atomic mass is 9.69. The highest BCUT2D eigenvalue weighted by Crippen LogP contribution is 2.68. The summed E-state index contributed by atoms with van der Waals surface area (Å²) in [7, 11) is 0. The Balaban J connectivity index is 1.04. The average Bonchev–Trinajstić information content (AvgIpc) is 4.24. The molecule has 0 amide bonds. The quantitative estimate of drug-likeness (QED) is 0.151. The number of hydrogen-bond acceptors (Lipinski definition) is 3. The lowest BCUT2D eigenvalue weighted by Gasteiger charge is -2.33. The van der Waals surface area contributed by atoms with Crippen molar-refractivity contribution in [1.29, 1.82) is 0 Å². The Morgan fingerprint density at radius 3 is 1.43 bits per heavy atom. The second-order valence-electron chi connectivity index (χ2n) is 21.9. The Morgan fingerprint density at radius 1 is 0.304 bits per heavy atom. The highest BCUT2D eigenvalue weighted by atomic mass is 16.3. The maximum absolute atomic E-state index is 7.00. The highest BCUT2D eigenvalue weighted by Gasteiger charge is 2.54. The Labute approximate surface area is 460 Å². The van der Waals surface area contributed by atoms with Gasteiger partial charge in [-0.1, -0.05) is 220 Å². The third kappa shape index (κ3) is 6.54. The number of rotatable bonds is 8. The molecule has 3 aliphatic rings. The highest BCUT2D eigenvalue weighted by molar-refractivity contribution is 6.11. The van der Waals surface area contributed by atoms with Crippen molar-refractivity contribution >= 4 is 56.1 Å². The first kappa shape index (κ1) is 45.3. The minimum Gasteiger partial charge on any atom is -0.454 e. The Bertz CT molecular complexity index is 4490. The summed E-state index contributed by atoms with van der Waals surface area (Å²) >= 11 is 0. The largest absolute Gasteiger partial charge is 0.454 e. The molecule has 1 spiro atoms. The summed E-state index contributed by atoms with van der Waals surface area (Å²) in [6.07, 6.45) is 0. The zero-order valence-corrected chi connectivity index (χ0v) is 43.9. The fourth-order valence-electron chi connectivity index (χ4n) is 14.2. The molecule has 79 heavy (non-hydrogen) atoms. The summed E-state index contributed by atoms with van der Waals surface area (Å²) in [5.74, 6) is 0. The van der Waals surface area contributed by atoms with Crippen molar-refractivity contribution in [3.05, 3.63) is 312 Å². The van der Waals surface area contributed by atoms with Gasteiger partial charge in [0, 0.05) is 44.6 Å². The Kier molecular flexibility index (Phi) is 9.90. The topological polar surface area (TPSA) is 19.6 Å². The normalized spacial score (nSPS) is 13.6. The summed E-state index contributed by atoms with van der Waals surface area (Å²) in [6, 6.07) is 103. The van der Waals surface area contributed by atoms with Gasteiger partial charge in [-0.2, -0.15) is 0 Å². The monoisotopic (exact) mass is 1010 g/mol. The van der Waals surface area contributed by atoms with E-state index in [9.17, 15) is 0 Å². The van der Waals surface area contributed by atoms with Crippen molar-refractivity contribution in [3.8, 4) is 55.6 Å². The number of benzene rings is 12. The lowest BCUT2D eigenvalue weighted by Crippen LogP contribution is -2.26. The van der Waals surface area contributed by atoms with Crippen LogP contribution in [0.2, 0.25) is 0 Å². The van der Waals surface area contributed by atoms with E-state index in [4.69, 9.17) is 4.42 Å². The summed E-state index contributed by atoms with van der Waals surface area (Å²) in [5.41, 5.74) is 27.4. The smallest absolute Gasteiger partial charge is 0.159 e. The van der Waals surface area contributed by atoms with Crippen molar-refractivity contribution in [1.82, 2.24) is 0 Å². The third-order valence-corrected chi connectivity index (χ3v) is 17.4. The number of hydrogen-bond donors (Lipinski definition) is 0. The van der Waals surface area contributed by atoms with E-state index >= 15 is 0 Å². The average molecular weight is 1010 g/mol. The standard InChI is InChI=1S/C76H52N2O/c1-75(2)64-35-17-14-32-61(64)72-71-62-33-15-20-38-67(62)76(65-36-18-12-29-57(65)58-30-13-19-37-66(58)76)68(71)48-63(73(72)75)51-45-55(77(52-25-8-4-9-26-52)53-27-10-5-11-28-53)47-56(46-51)78(54-43-41-50(42-44-54)49-23-6-3-7-24-49)69-39-22-34-60-59-31-16-21-40-70(59)79-74(60)69/h3-48H,1-2H3. The lowest BCUT2D eigenvalue weighted by molar-refractivity contribution is 0.661. The summed E-state index contributed by atoms with van der Waals surface area (Å²) < 4.78 is 7.00. The number of para-hydroxylation sites is 4. The predicted octanol–water partition coefficient (Wildman–Crippen LogP) is 20.5. The second kappa shape index (κ2) is 17.3. The van der Waals surface area contributed by atoms with Gasteiger partial charge in [0.05, 0.1) is 11.1 Å². The summed E-state index contributed by atoms with van der Waals surface area (Å²) in [6.45, 7) is 4.89. The van der Waals surface area contributed by atoms with E-state index in [2.05, 4.69) is 303 Å². The molecule has 0 fully saturated rings. The summed E-state index contributed by atoms with van der Waals surface area (Å²) in [4.78, 5) is 4.84. The van der Waals surface area contributed by atoms with Gasteiger partial charge >= 0.3 is 0 Å². The molecule has 3 nitrogen and oxygen atoms in total. The zero-order valence-electron chi connectivity index (χ0n) is 43.9. The van der Waals surface area contributed by atoms with Gasteiger partial charge in [-0.15, -0.1) is 0 Å². The molecular weight excluding hydrogens is 957 g/mol. The first-order valence-electron chi connectivity index (χ1n) is 27.5. The molecule has 3 heteroatoms. The van der Waals surface area contributed by atoms with Crippen LogP contribution in [0.4, 0.5) is 34.1 Å². The van der Waals surface area contributed by atoms with Crippen molar-refractivity contribution in [2.45, 2.75) is 24.7 Å². The minimum atomic E-state index is -0.561. The SMILES string of the molecule is CC1(C)c2ccccc2-c2c3c(cc(-c4cc(N(c5ccccc5)c5ccccc5)cc(N(c5ccc(-c6ccccc6)cc5)c5cccc6c5oc5ccccc56)c4)c21)C1(c2ccccc2-c2ccccc21)c1ccccc1-3. The first-order chi connectivity index (χ1) is 39.0. The molecule has 0 unspecified atom stereocenters. The van der Waals surface area contributed by atoms with Crippen LogP contribution in [0.5, 0.6) is 0 Å². The molecule has 0 radical (unpaired) electrons. The fraction of sp³-hybridized carbons (Fsp3) is 0.0526. The van der Waals surface area contributed by atoms with Crippen LogP contribution in [0.15, 0.2) is 283 Å². The Hall–Kier alpha value is -9.96. The van der Waals surface area contributed by atoms with Gasteiger partial charge in [-0.3, -0.25) is 0 Å². The van der Waals surface area contributed by atoms with Crippen LogP contribution in [-0.4, -0.2) is 0 Å². The van der Waals surface area contributed by atoms with Gasteiger partial charge in [0.25, 0.3) is 0 Å². The van der Waals surface area contributed by atoms with E-state index in [0.29, 0.717) is 0 Å². The third-order valence-electron chi connectivity index (χ3n) is 17.4. The number of anilines is 6. The van der Waals surface area contributed by atoms with Gasteiger partial charge < -0.3 is 14.2 Å². The van der Waals surface area contributed by atoms with E-state index in [1.165, 1.54) is 77.9 Å². The van der Waals surface area contributed by atoms with E-state index in [0.717, 1.165) is 67.2 Å². The molecule has 1 aromatic heterocycles. The van der Waals surface area contributed by atoms with Crippen molar-refractivity contribution in [2.75, 3.05) is 9.80 Å². The van der Waals surface area contributed by atoms with Crippen molar-refractivity contribution in [3.63, 3.8) is 0 Å².